The number of carbonyl (C=O) groups is 3. The average Bonchev–Trinajstić information content (AvgIpc) is 3.56. The number of hydrogen-bond donors (Lipinski definition) is 1. The van der Waals surface area contributed by atoms with E-state index in [1.54, 1.807) is 12.2 Å². The van der Waals surface area contributed by atoms with Gasteiger partial charge in [0.15, 0.2) is 17.4 Å². The van der Waals surface area contributed by atoms with Crippen LogP contribution in [0.4, 0.5) is 0 Å². The van der Waals surface area contributed by atoms with Crippen molar-refractivity contribution in [2.45, 2.75) is 179 Å². The summed E-state index contributed by atoms with van der Waals surface area (Å²) >= 11 is 0. The summed E-state index contributed by atoms with van der Waals surface area (Å²) in [5.41, 5.74) is 6.74. The molecule has 0 amide bonds. The summed E-state index contributed by atoms with van der Waals surface area (Å²) in [7, 11) is 0. The Morgan fingerprint density at radius 3 is 1.52 bits per heavy atom. The van der Waals surface area contributed by atoms with E-state index in [0.29, 0.717) is 36.8 Å². The van der Waals surface area contributed by atoms with Crippen molar-refractivity contribution >= 4 is 29.9 Å². The lowest BCUT2D eigenvalue weighted by atomic mass is 9.97. The number of carbonyl (C=O) groups excluding carboxylic acids is 3. The lowest BCUT2D eigenvalue weighted by Crippen LogP contribution is -2.34. The van der Waals surface area contributed by atoms with Crippen LogP contribution < -0.4 is 0 Å². The Labute approximate surface area is 361 Å². The van der Waals surface area contributed by atoms with Crippen molar-refractivity contribution in [1.29, 1.82) is 0 Å². The lowest BCUT2D eigenvalue weighted by molar-refractivity contribution is -0.152. The van der Waals surface area contributed by atoms with E-state index in [1.807, 2.05) is 124 Å². The summed E-state index contributed by atoms with van der Waals surface area (Å²) in [6, 6.07) is 7.92. The van der Waals surface area contributed by atoms with E-state index in [9.17, 15) is 19.5 Å². The van der Waals surface area contributed by atoms with Gasteiger partial charge in [0, 0.05) is 12.8 Å². The molecule has 60 heavy (non-hydrogen) atoms. The van der Waals surface area contributed by atoms with Crippen LogP contribution in [-0.4, -0.2) is 77.1 Å². The van der Waals surface area contributed by atoms with E-state index in [1.165, 1.54) is 6.08 Å². The van der Waals surface area contributed by atoms with Gasteiger partial charge in [-0.25, -0.2) is 9.59 Å². The minimum absolute atomic E-state index is 0. The highest BCUT2D eigenvalue weighted by Gasteiger charge is 2.44. The molecule has 7 atom stereocenters. The maximum atomic E-state index is 12.8. The minimum atomic E-state index is -0.807. The first kappa shape index (κ1) is 53.8. The Morgan fingerprint density at radius 2 is 1.00 bits per heavy atom. The molecule has 2 aromatic carbocycles. The number of cyclic esters (lactones) is 2. The first-order valence-corrected chi connectivity index (χ1v) is 19.6. The maximum Gasteiger partial charge on any atom is 0.339 e. The topological polar surface area (TPSA) is 127 Å². The highest BCUT2D eigenvalue weighted by Crippen LogP contribution is 2.34. The van der Waals surface area contributed by atoms with Crippen molar-refractivity contribution in [3.8, 4) is 0 Å². The summed E-state index contributed by atoms with van der Waals surface area (Å²) in [6.07, 6.45) is 13.4. The Kier molecular flexibility index (Phi) is 20.3. The zero-order valence-electron chi connectivity index (χ0n) is 34.4. The first-order chi connectivity index (χ1) is 26.3. The fourth-order valence-electron chi connectivity index (χ4n) is 7.63. The van der Waals surface area contributed by atoms with E-state index in [2.05, 4.69) is 0 Å². The van der Waals surface area contributed by atoms with Gasteiger partial charge in [-0.15, -0.1) is 0 Å². The molecule has 10 heteroatoms. The molecule has 0 radical (unpaired) electrons. The largest absolute Gasteiger partial charge is 0.459 e. The van der Waals surface area contributed by atoms with Crippen LogP contribution in [0.1, 0.15) is 151 Å². The van der Waals surface area contributed by atoms with Gasteiger partial charge in [-0.2, -0.15) is 0 Å². The van der Waals surface area contributed by atoms with Crippen molar-refractivity contribution in [2.24, 2.45) is 0 Å². The van der Waals surface area contributed by atoms with Gasteiger partial charge < -0.3 is 33.5 Å². The maximum absolute atomic E-state index is 12.8. The van der Waals surface area contributed by atoms with Gasteiger partial charge in [-0.1, -0.05) is 108 Å². The number of hydrogen-bond acceptors (Lipinski definition) is 10. The second-order valence-electron chi connectivity index (χ2n) is 16.2. The number of benzene rings is 2. The van der Waals surface area contributed by atoms with Gasteiger partial charge in [-0.05, 0) is 110 Å². The van der Waals surface area contributed by atoms with Crippen LogP contribution in [0.15, 0.2) is 60.7 Å². The molecule has 0 saturated carbocycles. The van der Waals surface area contributed by atoms with Crippen molar-refractivity contribution in [3.63, 3.8) is 0 Å². The summed E-state index contributed by atoms with van der Waals surface area (Å²) in [6.45, 7) is 18.8. The monoisotopic (exact) mass is 835 g/mol. The highest BCUT2D eigenvalue weighted by atomic mass is 16.8. The van der Waals surface area contributed by atoms with Crippen molar-refractivity contribution in [1.82, 2.24) is 0 Å². The number of esters is 2. The molecule has 10 nitrogen and oxygen atoms in total. The first-order valence-electron chi connectivity index (χ1n) is 19.6. The molecule has 2 fully saturated rings. The predicted molar refractivity (Wildman–Crippen MR) is 242 cm³/mol. The quantitative estimate of drug-likeness (QED) is 0.202. The molecule has 4 aliphatic heterocycles. The minimum Gasteiger partial charge on any atom is -0.459 e. The molecule has 4 aliphatic rings. The van der Waals surface area contributed by atoms with E-state index >= 15 is 0 Å². The molecule has 2 saturated heterocycles. The van der Waals surface area contributed by atoms with Crippen molar-refractivity contribution in [2.75, 3.05) is 0 Å². The third-order valence-corrected chi connectivity index (χ3v) is 9.95. The van der Waals surface area contributed by atoms with Gasteiger partial charge in [0.25, 0.3) is 0 Å². The molecule has 0 bridgehead atoms. The van der Waals surface area contributed by atoms with Crippen LogP contribution in [-0.2, 0) is 33.2 Å². The Bertz CT molecular complexity index is 1900. The molecule has 1 unspecified atom stereocenters. The van der Waals surface area contributed by atoms with Crippen LogP contribution in [0.2, 0.25) is 0 Å². The molecule has 1 N–H and O–H groups in total. The molecular weight excluding hydrogens is 761 g/mol. The standard InChI is InChI=1S/C23H30O5.C23H28O5.4CH4/c2*1-14-12-15(2)20-17(13-14)9-7-11-19-21(28-23(4,5)27-19)18(24)10-6-8-16(3)26-22(20)25;;;;/h6-7,9-10,12-13,16,18-19,21,24H,8,11H2,1-5H3;6-7,9-10,12-13,16,19,21H,8,11H2,1-5H3;4*1H4/b2*9-7?,10-6-;;;;/t16-,18?,19-,21+;16-,19-,21+;;;;/m00..../s1. The number of ketones is 1. The Morgan fingerprint density at radius 1 is 0.567 bits per heavy atom. The summed E-state index contributed by atoms with van der Waals surface area (Å²) in [4.78, 5) is 38.1. The zero-order valence-corrected chi connectivity index (χ0v) is 34.4. The van der Waals surface area contributed by atoms with Crippen LogP contribution in [0.25, 0.3) is 12.2 Å². The van der Waals surface area contributed by atoms with Crippen molar-refractivity contribution < 1.29 is 47.9 Å². The van der Waals surface area contributed by atoms with Crippen LogP contribution >= 0.6 is 0 Å². The third kappa shape index (κ3) is 13.9. The second-order valence-corrected chi connectivity index (χ2v) is 16.2. The van der Waals surface area contributed by atoms with Crippen LogP contribution in [0.5, 0.6) is 0 Å². The summed E-state index contributed by atoms with van der Waals surface area (Å²) in [5.74, 6) is -2.36. The SMILES string of the molecule is C.C.C.C.Cc1cc(C)c2c(c1)C=CC[C@@H]1OC(C)(C)O[C@@H]1C(=O)/C=C\C[C@H](C)OC2=O.Cc1cc(C)c2c(c1)C=CC[C@@H]1OC(C)(C)O[C@@H]1C(O)/C=C\C[C@H](C)OC2=O. The lowest BCUT2D eigenvalue weighted by Gasteiger charge is -2.20. The highest BCUT2D eigenvalue weighted by molar-refractivity contribution is 5.96. The van der Waals surface area contributed by atoms with E-state index in [-0.39, 0.29) is 71.8 Å². The summed E-state index contributed by atoms with van der Waals surface area (Å²) in [5, 5.41) is 10.6. The van der Waals surface area contributed by atoms with Crippen LogP contribution in [0.3, 0.4) is 0 Å². The van der Waals surface area contributed by atoms with Gasteiger partial charge in [0.2, 0.25) is 0 Å². The van der Waals surface area contributed by atoms with Crippen molar-refractivity contribution in [3.05, 3.63) is 105 Å². The van der Waals surface area contributed by atoms with E-state index < -0.39 is 29.9 Å². The molecule has 4 heterocycles. The predicted octanol–water partition coefficient (Wildman–Crippen LogP) is 10.9. The molecule has 0 spiro atoms. The van der Waals surface area contributed by atoms with Gasteiger partial charge in [0.1, 0.15) is 30.5 Å². The molecule has 2 aromatic rings. The Hall–Kier alpha value is -4.19. The molecule has 0 aliphatic carbocycles. The van der Waals surface area contributed by atoms with E-state index in [4.69, 9.17) is 28.4 Å². The third-order valence-electron chi connectivity index (χ3n) is 9.95. The van der Waals surface area contributed by atoms with Gasteiger partial charge in [-0.3, -0.25) is 4.79 Å². The number of rotatable bonds is 0. The Balaban J connectivity index is 0.000000562. The molecule has 0 aromatic heterocycles. The van der Waals surface area contributed by atoms with Gasteiger partial charge in [0.05, 0.1) is 23.3 Å². The van der Waals surface area contributed by atoms with Crippen LogP contribution in [0, 0.1) is 27.7 Å². The number of fused-ring (bicyclic) bond motifs is 4. The fourth-order valence-corrected chi connectivity index (χ4v) is 7.63. The molecular formula is C50H74O10. The number of aryl methyl sites for hydroxylation is 4. The molecule has 6 rings (SSSR count). The normalized spacial score (nSPS) is 28.1. The number of aliphatic hydroxyl groups is 1. The fraction of sp³-hybridized carbons (Fsp3) is 0.540. The smallest absolute Gasteiger partial charge is 0.339 e. The van der Waals surface area contributed by atoms with E-state index in [0.717, 1.165) is 33.4 Å². The molecule has 334 valence electrons. The van der Waals surface area contributed by atoms with Gasteiger partial charge >= 0.3 is 11.9 Å². The summed E-state index contributed by atoms with van der Waals surface area (Å²) < 4.78 is 35.0. The second kappa shape index (κ2) is 22.6. The zero-order chi connectivity index (χ0) is 40.9. The number of ether oxygens (including phenoxy) is 6. The number of aliphatic hydroxyl groups excluding tert-OH is 1. The average molecular weight is 835 g/mol.